The summed E-state index contributed by atoms with van der Waals surface area (Å²) in [4.78, 5) is 0. The minimum absolute atomic E-state index is 0.0979. The zero-order valence-electron chi connectivity index (χ0n) is 24.0. The average molecular weight is 573 g/mol. The molecule has 0 radical (unpaired) electrons. The van der Waals surface area contributed by atoms with Crippen LogP contribution in [0.25, 0.3) is 21.5 Å². The van der Waals surface area contributed by atoms with Gasteiger partial charge < -0.3 is 39.8 Å². The normalized spacial score (nSPS) is 17.1. The first-order chi connectivity index (χ1) is 20.6. The van der Waals surface area contributed by atoms with E-state index in [-0.39, 0.29) is 11.5 Å². The van der Waals surface area contributed by atoms with Crippen LogP contribution in [0, 0.1) is 0 Å². The standard InChI is InChI=1S/C34H40N2O6/c1-24-20-29-27-8-4-2-6-25(27)22-31(33(29)37)41-18-16-39-14-12-35-10-11-36-13-15-40-17-19-42-32-23-26-7-3-5-9-28(26)30(21-24)34(32)38/h2-9,22-23,35-38H,1,10-21H2. The molecule has 0 spiro atoms. The molecule has 4 N–H and O–H groups in total. The Hall–Kier alpha value is -3.82. The van der Waals surface area contributed by atoms with E-state index in [0.29, 0.717) is 64.0 Å². The van der Waals surface area contributed by atoms with Gasteiger partial charge in [0, 0.05) is 37.3 Å². The fourth-order valence-corrected chi connectivity index (χ4v) is 5.25. The largest absolute Gasteiger partial charge is 0.504 e. The van der Waals surface area contributed by atoms with E-state index in [1.165, 1.54) is 0 Å². The van der Waals surface area contributed by atoms with Crippen LogP contribution in [0.1, 0.15) is 11.1 Å². The first-order valence-electron chi connectivity index (χ1n) is 14.6. The number of aromatic hydroxyl groups is 2. The molecule has 8 heteroatoms. The van der Waals surface area contributed by atoms with Crippen LogP contribution in [0.2, 0.25) is 0 Å². The summed E-state index contributed by atoms with van der Waals surface area (Å²) in [5.74, 6) is 1.03. The maximum absolute atomic E-state index is 11.3. The molecule has 0 saturated heterocycles. The monoisotopic (exact) mass is 572 g/mol. The number of hydrogen-bond donors (Lipinski definition) is 4. The molecule has 222 valence electrons. The highest BCUT2D eigenvalue weighted by atomic mass is 16.5. The number of rotatable bonds is 0. The van der Waals surface area contributed by atoms with E-state index in [4.69, 9.17) is 18.9 Å². The van der Waals surface area contributed by atoms with Gasteiger partial charge in [-0.2, -0.15) is 0 Å². The minimum atomic E-state index is 0.0979. The zero-order valence-corrected chi connectivity index (χ0v) is 24.0. The van der Waals surface area contributed by atoms with Gasteiger partial charge in [-0.15, -0.1) is 0 Å². The molecule has 0 fully saturated rings. The summed E-state index contributed by atoms with van der Waals surface area (Å²) >= 11 is 0. The van der Waals surface area contributed by atoms with Crippen LogP contribution in [0.4, 0.5) is 0 Å². The van der Waals surface area contributed by atoms with Crippen molar-refractivity contribution in [3.05, 3.63) is 83.9 Å². The van der Waals surface area contributed by atoms with E-state index < -0.39 is 0 Å². The molecule has 1 aliphatic rings. The molecule has 5 rings (SSSR count). The van der Waals surface area contributed by atoms with Gasteiger partial charge in [-0.1, -0.05) is 60.7 Å². The van der Waals surface area contributed by atoms with Crippen molar-refractivity contribution in [3.63, 3.8) is 0 Å². The fourth-order valence-electron chi connectivity index (χ4n) is 5.25. The SMILES string of the molecule is C=C1Cc2c(O)c(cc3ccccc23)OCCOCCNCCNCCOCCOc2cc3ccccc3c(c2O)C1. The molecule has 0 amide bonds. The zero-order chi connectivity index (χ0) is 29.1. The Bertz CT molecular complexity index is 1390. The second kappa shape index (κ2) is 14.9. The Kier molecular flexibility index (Phi) is 10.5. The Morgan fingerprint density at radius 3 is 1.50 bits per heavy atom. The number of nitrogens with one attached hydrogen (secondary N) is 2. The topological polar surface area (TPSA) is 101 Å². The highest BCUT2D eigenvalue weighted by Crippen LogP contribution is 2.41. The fraction of sp³-hybridized carbons (Fsp3) is 0.353. The number of ether oxygens (including phenoxy) is 4. The summed E-state index contributed by atoms with van der Waals surface area (Å²) in [6.07, 6.45) is 0.818. The number of benzene rings is 4. The van der Waals surface area contributed by atoms with Crippen molar-refractivity contribution < 1.29 is 29.2 Å². The number of phenolic OH excluding ortho intramolecular Hbond substituents is 2. The summed E-state index contributed by atoms with van der Waals surface area (Å²) in [5, 5.41) is 33.1. The van der Waals surface area contributed by atoms with Crippen molar-refractivity contribution in [2.24, 2.45) is 0 Å². The summed E-state index contributed by atoms with van der Waals surface area (Å²) in [5.41, 5.74) is 2.32. The lowest BCUT2D eigenvalue weighted by Crippen LogP contribution is -2.31. The van der Waals surface area contributed by atoms with Gasteiger partial charge in [0.15, 0.2) is 23.0 Å². The van der Waals surface area contributed by atoms with Crippen molar-refractivity contribution in [1.82, 2.24) is 10.6 Å². The van der Waals surface area contributed by atoms with Gasteiger partial charge in [0.05, 0.1) is 26.4 Å². The lowest BCUT2D eigenvalue weighted by Gasteiger charge is -2.18. The molecular weight excluding hydrogens is 532 g/mol. The van der Waals surface area contributed by atoms with Gasteiger partial charge in [-0.05, 0) is 46.5 Å². The predicted octanol–water partition coefficient (Wildman–Crippen LogP) is 4.73. The molecule has 0 saturated carbocycles. The maximum atomic E-state index is 11.3. The molecule has 8 nitrogen and oxygen atoms in total. The highest BCUT2D eigenvalue weighted by Gasteiger charge is 2.18. The molecule has 4 bridgehead atoms. The lowest BCUT2D eigenvalue weighted by atomic mass is 9.92. The number of phenols is 2. The molecule has 4 aromatic carbocycles. The van der Waals surface area contributed by atoms with Gasteiger partial charge in [0.2, 0.25) is 0 Å². The summed E-state index contributed by atoms with van der Waals surface area (Å²) < 4.78 is 23.4. The van der Waals surface area contributed by atoms with Gasteiger partial charge >= 0.3 is 0 Å². The summed E-state index contributed by atoms with van der Waals surface area (Å²) in [6, 6.07) is 19.6. The molecule has 0 unspecified atom stereocenters. The first kappa shape index (κ1) is 29.7. The Labute approximate surface area is 246 Å². The lowest BCUT2D eigenvalue weighted by molar-refractivity contribution is 0.0992. The number of hydrogen-bond acceptors (Lipinski definition) is 8. The van der Waals surface area contributed by atoms with Crippen molar-refractivity contribution in [3.8, 4) is 23.0 Å². The van der Waals surface area contributed by atoms with Crippen LogP contribution >= 0.6 is 0 Å². The molecule has 0 atom stereocenters. The molecule has 0 aromatic heterocycles. The Morgan fingerprint density at radius 2 is 1.02 bits per heavy atom. The van der Waals surface area contributed by atoms with E-state index in [0.717, 1.165) is 64.4 Å². The molecule has 42 heavy (non-hydrogen) atoms. The van der Waals surface area contributed by atoms with Gasteiger partial charge in [0.25, 0.3) is 0 Å². The number of fused-ring (bicyclic) bond motifs is 8. The van der Waals surface area contributed by atoms with Gasteiger partial charge in [0.1, 0.15) is 13.2 Å². The predicted molar refractivity (Wildman–Crippen MR) is 166 cm³/mol. The van der Waals surface area contributed by atoms with Crippen LogP contribution in [0.5, 0.6) is 23.0 Å². The van der Waals surface area contributed by atoms with Crippen LogP contribution in [0.15, 0.2) is 72.8 Å². The third-order valence-corrected chi connectivity index (χ3v) is 7.33. The van der Waals surface area contributed by atoms with E-state index >= 15 is 0 Å². The van der Waals surface area contributed by atoms with E-state index in [9.17, 15) is 10.2 Å². The second-order valence-corrected chi connectivity index (χ2v) is 10.4. The highest BCUT2D eigenvalue weighted by molar-refractivity contribution is 5.91. The third-order valence-electron chi connectivity index (χ3n) is 7.33. The van der Waals surface area contributed by atoms with Crippen molar-refractivity contribution in [2.75, 3.05) is 65.8 Å². The molecule has 4 aromatic rings. The summed E-state index contributed by atoms with van der Waals surface area (Å²) in [6.45, 7) is 10.1. The minimum Gasteiger partial charge on any atom is -0.504 e. The Morgan fingerprint density at radius 1 is 0.571 bits per heavy atom. The van der Waals surface area contributed by atoms with Crippen molar-refractivity contribution in [1.29, 1.82) is 0 Å². The van der Waals surface area contributed by atoms with E-state index in [1.54, 1.807) is 0 Å². The van der Waals surface area contributed by atoms with Crippen molar-refractivity contribution >= 4 is 21.5 Å². The molecule has 1 aliphatic heterocycles. The van der Waals surface area contributed by atoms with Crippen LogP contribution in [-0.2, 0) is 22.3 Å². The van der Waals surface area contributed by atoms with E-state index in [2.05, 4.69) is 17.2 Å². The van der Waals surface area contributed by atoms with Crippen LogP contribution in [-0.4, -0.2) is 76.0 Å². The molecular formula is C34H40N2O6. The van der Waals surface area contributed by atoms with Crippen molar-refractivity contribution in [2.45, 2.75) is 12.8 Å². The van der Waals surface area contributed by atoms with Crippen LogP contribution < -0.4 is 20.1 Å². The van der Waals surface area contributed by atoms with Gasteiger partial charge in [-0.3, -0.25) is 0 Å². The second-order valence-electron chi connectivity index (χ2n) is 10.4. The van der Waals surface area contributed by atoms with Crippen LogP contribution in [0.3, 0.4) is 0 Å². The smallest absolute Gasteiger partial charge is 0.161 e. The summed E-state index contributed by atoms with van der Waals surface area (Å²) in [7, 11) is 0. The quantitative estimate of drug-likeness (QED) is 0.225. The average Bonchev–Trinajstić information content (AvgIpc) is 3.00. The number of allylic oxidation sites excluding steroid dienone is 1. The Balaban J connectivity index is 1.42. The molecule has 0 aliphatic carbocycles. The molecule has 1 heterocycles. The van der Waals surface area contributed by atoms with Gasteiger partial charge in [-0.25, -0.2) is 0 Å². The first-order valence-corrected chi connectivity index (χ1v) is 14.6. The third kappa shape index (κ3) is 7.52. The van der Waals surface area contributed by atoms with E-state index in [1.807, 2.05) is 60.7 Å². The maximum Gasteiger partial charge on any atom is 0.161 e.